The van der Waals surface area contributed by atoms with Gasteiger partial charge in [0.25, 0.3) is 0 Å². The highest BCUT2D eigenvalue weighted by molar-refractivity contribution is 5.85. The first-order valence-electron chi connectivity index (χ1n) is 3.72. The van der Waals surface area contributed by atoms with E-state index in [1.807, 2.05) is 7.05 Å². The molecule has 0 radical (unpaired) electrons. The molecule has 1 rings (SSSR count). The summed E-state index contributed by atoms with van der Waals surface area (Å²) in [6, 6.07) is -0.243. The molecule has 0 saturated carbocycles. The van der Waals surface area contributed by atoms with Crippen LogP contribution in [0.15, 0.2) is 0 Å². The highest BCUT2D eigenvalue weighted by Crippen LogP contribution is 2.07. The Hall–Kier alpha value is -0.280. The molecule has 0 bridgehead atoms. The second-order valence-electron chi connectivity index (χ2n) is 2.86. The largest absolute Gasteiger partial charge is 0.344 e. The second kappa shape index (κ2) is 4.57. The maximum Gasteiger partial charge on any atom is 0.239 e. The molecule has 1 aliphatic heterocycles. The number of likely N-dealkylation sites (N-methyl/N-ethyl adjacent to an activating group) is 1. The number of carbonyl (C=O) groups is 1. The van der Waals surface area contributed by atoms with E-state index in [2.05, 4.69) is 0 Å². The molecule has 0 aliphatic carbocycles. The minimum atomic E-state index is -0.243. The van der Waals surface area contributed by atoms with Crippen LogP contribution in [-0.4, -0.2) is 30.4 Å². The molecular weight excluding hydrogens is 164 g/mol. The summed E-state index contributed by atoms with van der Waals surface area (Å²) >= 11 is 0. The number of nitrogens with zero attached hydrogens (tertiary/aromatic N) is 1. The summed E-state index contributed by atoms with van der Waals surface area (Å²) < 4.78 is 0. The molecule has 66 valence electrons. The Morgan fingerprint density at radius 2 is 2.18 bits per heavy atom. The highest BCUT2D eigenvalue weighted by Gasteiger charge is 2.19. The van der Waals surface area contributed by atoms with Crippen molar-refractivity contribution in [2.24, 2.45) is 5.73 Å². The Morgan fingerprint density at radius 1 is 1.55 bits per heavy atom. The number of likely N-dealkylation sites (tertiary alicyclic amines) is 1. The van der Waals surface area contributed by atoms with Gasteiger partial charge in [0, 0.05) is 13.6 Å². The Balaban J connectivity index is 0.000001000. The van der Waals surface area contributed by atoms with Crippen molar-refractivity contribution in [1.29, 1.82) is 0 Å². The molecule has 1 heterocycles. The third-order valence-corrected chi connectivity index (χ3v) is 1.95. The molecule has 3 nitrogen and oxygen atoms in total. The fourth-order valence-corrected chi connectivity index (χ4v) is 1.23. The predicted octanol–water partition coefficient (Wildman–Crippen LogP) is 0.378. The Kier molecular flexibility index (Phi) is 4.45. The normalized spacial score (nSPS) is 25.8. The smallest absolute Gasteiger partial charge is 0.239 e. The monoisotopic (exact) mass is 178 g/mol. The average molecular weight is 179 g/mol. The summed E-state index contributed by atoms with van der Waals surface area (Å²) in [6.07, 6.45) is 3.02. The molecular formula is C7H15ClN2O. The van der Waals surface area contributed by atoms with E-state index in [4.69, 9.17) is 5.73 Å². The van der Waals surface area contributed by atoms with Gasteiger partial charge in [-0.1, -0.05) is 0 Å². The van der Waals surface area contributed by atoms with Crippen LogP contribution in [0.4, 0.5) is 0 Å². The van der Waals surface area contributed by atoms with Crippen LogP contribution in [0, 0.1) is 0 Å². The number of nitrogens with two attached hydrogens (primary N) is 1. The molecule has 0 aromatic heterocycles. The second-order valence-corrected chi connectivity index (χ2v) is 2.86. The highest BCUT2D eigenvalue weighted by atomic mass is 35.5. The van der Waals surface area contributed by atoms with Gasteiger partial charge in [-0.25, -0.2) is 0 Å². The van der Waals surface area contributed by atoms with Crippen molar-refractivity contribution in [2.75, 3.05) is 13.6 Å². The number of hydrogen-bond donors (Lipinski definition) is 1. The lowest BCUT2D eigenvalue weighted by molar-refractivity contribution is -0.130. The van der Waals surface area contributed by atoms with E-state index in [-0.39, 0.29) is 24.4 Å². The standard InChI is InChI=1S/C7H14N2O.ClH/c1-9-5-3-2-4-6(8)7(9)10;/h6H,2-5,8H2,1H3;1H. The van der Waals surface area contributed by atoms with Crippen LogP contribution >= 0.6 is 12.4 Å². The van der Waals surface area contributed by atoms with Crippen molar-refractivity contribution in [3.05, 3.63) is 0 Å². The molecule has 1 atom stereocenters. The van der Waals surface area contributed by atoms with Crippen LogP contribution in [0.2, 0.25) is 0 Å². The van der Waals surface area contributed by atoms with Crippen molar-refractivity contribution in [3.8, 4) is 0 Å². The molecule has 1 amide bonds. The van der Waals surface area contributed by atoms with E-state index in [1.165, 1.54) is 0 Å². The van der Waals surface area contributed by atoms with Crippen LogP contribution < -0.4 is 5.73 Å². The third-order valence-electron chi connectivity index (χ3n) is 1.95. The minimum absolute atomic E-state index is 0. The molecule has 0 aromatic carbocycles. The van der Waals surface area contributed by atoms with E-state index in [0.29, 0.717) is 0 Å². The van der Waals surface area contributed by atoms with Crippen molar-refractivity contribution in [2.45, 2.75) is 25.3 Å². The summed E-state index contributed by atoms with van der Waals surface area (Å²) in [6.45, 7) is 0.868. The van der Waals surface area contributed by atoms with Crippen molar-refractivity contribution < 1.29 is 4.79 Å². The van der Waals surface area contributed by atoms with E-state index in [0.717, 1.165) is 25.8 Å². The van der Waals surface area contributed by atoms with Gasteiger partial charge in [-0.2, -0.15) is 0 Å². The Labute approximate surface area is 73.3 Å². The summed E-state index contributed by atoms with van der Waals surface area (Å²) in [5, 5.41) is 0. The summed E-state index contributed by atoms with van der Waals surface area (Å²) in [4.78, 5) is 12.9. The summed E-state index contributed by atoms with van der Waals surface area (Å²) in [7, 11) is 1.81. The molecule has 0 aromatic rings. The zero-order chi connectivity index (χ0) is 7.56. The van der Waals surface area contributed by atoms with Crippen LogP contribution in [0.1, 0.15) is 19.3 Å². The first-order chi connectivity index (χ1) is 4.72. The Bertz CT molecular complexity index is 126. The maximum absolute atomic E-state index is 11.1. The quantitative estimate of drug-likeness (QED) is 0.583. The van der Waals surface area contributed by atoms with E-state index >= 15 is 0 Å². The van der Waals surface area contributed by atoms with Crippen molar-refractivity contribution >= 4 is 18.3 Å². The van der Waals surface area contributed by atoms with Gasteiger partial charge in [0.05, 0.1) is 6.04 Å². The minimum Gasteiger partial charge on any atom is -0.344 e. The van der Waals surface area contributed by atoms with Gasteiger partial charge >= 0.3 is 0 Å². The number of halogens is 1. The lowest BCUT2D eigenvalue weighted by Gasteiger charge is -2.15. The first-order valence-corrected chi connectivity index (χ1v) is 3.72. The predicted molar refractivity (Wildman–Crippen MR) is 46.7 cm³/mol. The SMILES string of the molecule is CN1CCCCC(N)C1=O.Cl. The first kappa shape index (κ1) is 10.7. The zero-order valence-electron chi connectivity index (χ0n) is 6.75. The molecule has 1 saturated heterocycles. The molecule has 4 heteroatoms. The van der Waals surface area contributed by atoms with Gasteiger partial charge in [-0.3, -0.25) is 4.79 Å². The van der Waals surface area contributed by atoms with Crippen molar-refractivity contribution in [3.63, 3.8) is 0 Å². The van der Waals surface area contributed by atoms with Crippen LogP contribution in [0.5, 0.6) is 0 Å². The molecule has 1 unspecified atom stereocenters. The lowest BCUT2D eigenvalue weighted by atomic mass is 10.1. The topological polar surface area (TPSA) is 46.3 Å². The number of amides is 1. The fourth-order valence-electron chi connectivity index (χ4n) is 1.23. The molecule has 1 fully saturated rings. The average Bonchev–Trinajstić information content (AvgIpc) is 2.04. The van der Waals surface area contributed by atoms with Crippen LogP contribution in [-0.2, 0) is 4.79 Å². The van der Waals surface area contributed by atoms with Gasteiger partial charge in [0.1, 0.15) is 0 Å². The lowest BCUT2D eigenvalue weighted by Crippen LogP contribution is -2.39. The van der Waals surface area contributed by atoms with E-state index < -0.39 is 0 Å². The third kappa shape index (κ3) is 2.67. The Morgan fingerprint density at radius 3 is 2.82 bits per heavy atom. The van der Waals surface area contributed by atoms with Crippen LogP contribution in [0.25, 0.3) is 0 Å². The van der Waals surface area contributed by atoms with Gasteiger partial charge in [-0.15, -0.1) is 12.4 Å². The van der Waals surface area contributed by atoms with E-state index in [1.54, 1.807) is 4.90 Å². The molecule has 11 heavy (non-hydrogen) atoms. The van der Waals surface area contributed by atoms with Crippen molar-refractivity contribution in [1.82, 2.24) is 4.90 Å². The zero-order valence-corrected chi connectivity index (χ0v) is 7.56. The van der Waals surface area contributed by atoms with Crippen LogP contribution in [0.3, 0.4) is 0 Å². The van der Waals surface area contributed by atoms with E-state index in [9.17, 15) is 4.79 Å². The summed E-state index contributed by atoms with van der Waals surface area (Å²) in [5.41, 5.74) is 5.58. The molecule has 1 aliphatic rings. The van der Waals surface area contributed by atoms with Gasteiger partial charge in [0.15, 0.2) is 0 Å². The molecule has 0 spiro atoms. The maximum atomic E-state index is 11.1. The number of hydrogen-bond acceptors (Lipinski definition) is 2. The summed E-state index contributed by atoms with van der Waals surface area (Å²) in [5.74, 6) is 0.0949. The fraction of sp³-hybridized carbons (Fsp3) is 0.857. The number of carbonyl (C=O) groups excluding carboxylic acids is 1. The molecule has 2 N–H and O–H groups in total. The van der Waals surface area contributed by atoms with Gasteiger partial charge in [0.2, 0.25) is 5.91 Å². The van der Waals surface area contributed by atoms with Gasteiger partial charge < -0.3 is 10.6 Å². The van der Waals surface area contributed by atoms with Gasteiger partial charge in [-0.05, 0) is 19.3 Å². The number of rotatable bonds is 0.